The first-order chi connectivity index (χ1) is 13.1. The minimum Gasteiger partial charge on any atom is -0.497 e. The lowest BCUT2D eigenvalue weighted by Gasteiger charge is -2.17. The molecule has 1 heterocycles. The summed E-state index contributed by atoms with van der Waals surface area (Å²) < 4.78 is 10.3. The average Bonchev–Trinajstić information content (AvgIpc) is 3.08. The smallest absolute Gasteiger partial charge is 0.227 e. The first-order valence-electron chi connectivity index (χ1n) is 8.89. The van der Waals surface area contributed by atoms with Crippen LogP contribution in [0.15, 0.2) is 48.5 Å². The molecular formula is C21H24N2O4. The Kier molecular flexibility index (Phi) is 6.08. The van der Waals surface area contributed by atoms with Gasteiger partial charge in [-0.1, -0.05) is 30.3 Å². The van der Waals surface area contributed by atoms with E-state index in [4.69, 9.17) is 9.47 Å². The Morgan fingerprint density at radius 2 is 1.93 bits per heavy atom. The average molecular weight is 368 g/mol. The van der Waals surface area contributed by atoms with Gasteiger partial charge >= 0.3 is 0 Å². The van der Waals surface area contributed by atoms with Crippen LogP contribution in [0, 0.1) is 5.92 Å². The van der Waals surface area contributed by atoms with Crippen molar-refractivity contribution in [2.75, 3.05) is 25.7 Å². The summed E-state index contributed by atoms with van der Waals surface area (Å²) in [5.74, 6) is 0.173. The predicted octanol–water partition coefficient (Wildman–Crippen LogP) is 2.51. The molecule has 0 aromatic heterocycles. The van der Waals surface area contributed by atoms with Crippen molar-refractivity contribution in [2.45, 2.75) is 19.6 Å². The largest absolute Gasteiger partial charge is 0.497 e. The number of hydrogen-bond acceptors (Lipinski definition) is 4. The number of nitrogens with zero attached hydrogens (tertiary/aromatic N) is 1. The minimum atomic E-state index is -0.356. The molecule has 142 valence electrons. The Morgan fingerprint density at radius 3 is 2.70 bits per heavy atom. The van der Waals surface area contributed by atoms with Crippen LogP contribution in [0.5, 0.6) is 5.75 Å². The van der Waals surface area contributed by atoms with E-state index in [1.165, 1.54) is 0 Å². The van der Waals surface area contributed by atoms with E-state index >= 15 is 0 Å². The predicted molar refractivity (Wildman–Crippen MR) is 102 cm³/mol. The van der Waals surface area contributed by atoms with Crippen molar-refractivity contribution in [3.8, 4) is 5.75 Å². The zero-order valence-electron chi connectivity index (χ0n) is 15.6. The van der Waals surface area contributed by atoms with Crippen LogP contribution < -0.4 is 15.0 Å². The number of amides is 2. The molecule has 2 aromatic carbocycles. The first-order valence-corrected chi connectivity index (χ1v) is 8.89. The van der Waals surface area contributed by atoms with Crippen molar-refractivity contribution < 1.29 is 19.1 Å². The molecule has 0 saturated carbocycles. The van der Waals surface area contributed by atoms with E-state index in [0.717, 1.165) is 16.8 Å². The number of benzene rings is 2. The molecule has 1 aliphatic heterocycles. The molecule has 0 aliphatic carbocycles. The molecular weight excluding hydrogens is 344 g/mol. The van der Waals surface area contributed by atoms with Crippen molar-refractivity contribution in [2.24, 2.45) is 5.92 Å². The Hall–Kier alpha value is -2.86. The standard InChI is InChI=1S/C21H24N2O4/c1-26-14-16-6-3-5-15(9-16)12-22-21(25)17-10-20(24)23(13-17)18-7-4-8-19(11-18)27-2/h3-9,11,17H,10,12-14H2,1-2H3,(H,22,25). The number of nitrogens with one attached hydrogen (secondary N) is 1. The van der Waals surface area contributed by atoms with Crippen LogP contribution in [0.4, 0.5) is 5.69 Å². The molecule has 0 radical (unpaired) electrons. The maximum absolute atomic E-state index is 12.5. The first kappa shape index (κ1) is 18.9. The van der Waals surface area contributed by atoms with Crippen LogP contribution in [0.1, 0.15) is 17.5 Å². The van der Waals surface area contributed by atoms with Crippen LogP contribution in [-0.4, -0.2) is 32.6 Å². The monoisotopic (exact) mass is 368 g/mol. The van der Waals surface area contributed by atoms with Gasteiger partial charge in [-0.05, 0) is 23.3 Å². The van der Waals surface area contributed by atoms with E-state index in [-0.39, 0.29) is 24.2 Å². The summed E-state index contributed by atoms with van der Waals surface area (Å²) in [6.07, 6.45) is 0.215. The molecule has 2 amide bonds. The van der Waals surface area contributed by atoms with Gasteiger partial charge in [0.1, 0.15) is 5.75 Å². The van der Waals surface area contributed by atoms with Gasteiger partial charge in [0, 0.05) is 38.4 Å². The van der Waals surface area contributed by atoms with E-state index in [0.29, 0.717) is 25.4 Å². The van der Waals surface area contributed by atoms with Crippen LogP contribution >= 0.6 is 0 Å². The van der Waals surface area contributed by atoms with E-state index < -0.39 is 0 Å². The molecule has 1 N–H and O–H groups in total. The molecule has 0 bridgehead atoms. The quantitative estimate of drug-likeness (QED) is 0.815. The van der Waals surface area contributed by atoms with Crippen molar-refractivity contribution >= 4 is 17.5 Å². The molecule has 27 heavy (non-hydrogen) atoms. The van der Waals surface area contributed by atoms with Gasteiger partial charge in [0.05, 0.1) is 19.6 Å². The Bertz CT molecular complexity index is 821. The number of carbonyl (C=O) groups is 2. The Morgan fingerprint density at radius 1 is 1.15 bits per heavy atom. The highest BCUT2D eigenvalue weighted by atomic mass is 16.5. The van der Waals surface area contributed by atoms with Gasteiger partial charge < -0.3 is 19.7 Å². The summed E-state index contributed by atoms with van der Waals surface area (Å²) in [5, 5.41) is 2.94. The normalized spacial score (nSPS) is 16.4. The van der Waals surface area contributed by atoms with Gasteiger partial charge in [0.25, 0.3) is 0 Å². The summed E-state index contributed by atoms with van der Waals surface area (Å²) in [5.41, 5.74) is 2.82. The topological polar surface area (TPSA) is 67.9 Å². The summed E-state index contributed by atoms with van der Waals surface area (Å²) in [6.45, 7) is 1.34. The lowest BCUT2D eigenvalue weighted by molar-refractivity contribution is -0.126. The van der Waals surface area contributed by atoms with Gasteiger partial charge in [-0.25, -0.2) is 0 Å². The van der Waals surface area contributed by atoms with Gasteiger partial charge in [-0.3, -0.25) is 9.59 Å². The lowest BCUT2D eigenvalue weighted by atomic mass is 10.1. The van der Waals surface area contributed by atoms with Gasteiger partial charge in [-0.15, -0.1) is 0 Å². The van der Waals surface area contributed by atoms with Crippen molar-refractivity contribution in [1.82, 2.24) is 5.32 Å². The maximum Gasteiger partial charge on any atom is 0.227 e. The number of methoxy groups -OCH3 is 2. The molecule has 3 rings (SSSR count). The van der Waals surface area contributed by atoms with E-state index in [1.54, 1.807) is 25.2 Å². The summed E-state index contributed by atoms with van der Waals surface area (Å²) >= 11 is 0. The highest BCUT2D eigenvalue weighted by Gasteiger charge is 2.35. The van der Waals surface area contributed by atoms with Crippen LogP contribution in [0.2, 0.25) is 0 Å². The van der Waals surface area contributed by atoms with Crippen LogP contribution in [0.3, 0.4) is 0 Å². The molecule has 0 spiro atoms. The Labute approximate surface area is 159 Å². The highest BCUT2D eigenvalue weighted by Crippen LogP contribution is 2.28. The number of hydrogen-bond donors (Lipinski definition) is 1. The third-order valence-electron chi connectivity index (χ3n) is 4.63. The second kappa shape index (κ2) is 8.68. The zero-order valence-corrected chi connectivity index (χ0v) is 15.6. The minimum absolute atomic E-state index is 0.0505. The molecule has 1 fully saturated rings. The number of anilines is 1. The summed E-state index contributed by atoms with van der Waals surface area (Å²) in [6, 6.07) is 15.2. The molecule has 1 atom stereocenters. The van der Waals surface area contributed by atoms with Crippen molar-refractivity contribution in [3.05, 3.63) is 59.7 Å². The third kappa shape index (κ3) is 4.65. The van der Waals surface area contributed by atoms with Gasteiger partial charge in [0.15, 0.2) is 0 Å². The van der Waals surface area contributed by atoms with Crippen LogP contribution in [0.25, 0.3) is 0 Å². The van der Waals surface area contributed by atoms with E-state index in [1.807, 2.05) is 42.5 Å². The van der Waals surface area contributed by atoms with Gasteiger partial charge in [0.2, 0.25) is 11.8 Å². The summed E-state index contributed by atoms with van der Waals surface area (Å²) in [4.78, 5) is 26.6. The fourth-order valence-corrected chi connectivity index (χ4v) is 3.24. The zero-order chi connectivity index (χ0) is 19.2. The molecule has 6 nitrogen and oxygen atoms in total. The number of ether oxygens (including phenoxy) is 2. The second-order valence-corrected chi connectivity index (χ2v) is 6.58. The number of carbonyl (C=O) groups excluding carboxylic acids is 2. The maximum atomic E-state index is 12.5. The van der Waals surface area contributed by atoms with Gasteiger partial charge in [-0.2, -0.15) is 0 Å². The molecule has 1 aliphatic rings. The number of rotatable bonds is 7. The lowest BCUT2D eigenvalue weighted by Crippen LogP contribution is -2.32. The van der Waals surface area contributed by atoms with Crippen molar-refractivity contribution in [3.63, 3.8) is 0 Å². The molecule has 1 saturated heterocycles. The molecule has 2 aromatic rings. The fraction of sp³-hybridized carbons (Fsp3) is 0.333. The Balaban J connectivity index is 1.59. The fourth-order valence-electron chi connectivity index (χ4n) is 3.24. The molecule has 6 heteroatoms. The third-order valence-corrected chi connectivity index (χ3v) is 4.63. The van der Waals surface area contributed by atoms with E-state index in [2.05, 4.69) is 5.32 Å². The van der Waals surface area contributed by atoms with Crippen molar-refractivity contribution in [1.29, 1.82) is 0 Å². The van der Waals surface area contributed by atoms with Crippen LogP contribution in [-0.2, 0) is 27.5 Å². The van der Waals surface area contributed by atoms with E-state index in [9.17, 15) is 9.59 Å². The SMILES string of the molecule is COCc1cccc(CNC(=O)C2CC(=O)N(c3cccc(OC)c3)C2)c1. The second-order valence-electron chi connectivity index (χ2n) is 6.58. The molecule has 1 unspecified atom stereocenters. The highest BCUT2D eigenvalue weighted by molar-refractivity contribution is 6.00. The summed E-state index contributed by atoms with van der Waals surface area (Å²) in [7, 11) is 3.24.